The van der Waals surface area contributed by atoms with Crippen LogP contribution in [0.25, 0.3) is 0 Å². The lowest BCUT2D eigenvalue weighted by molar-refractivity contribution is -0.274. The Morgan fingerprint density at radius 3 is 2.62 bits per heavy atom. The van der Waals surface area contributed by atoms with Crippen molar-refractivity contribution < 1.29 is 27.5 Å². The van der Waals surface area contributed by atoms with Gasteiger partial charge in [-0.25, -0.2) is 0 Å². The number of carbonyl (C=O) groups excluding carboxylic acids is 1. The first-order chi connectivity index (χ1) is 11.1. The Balaban J connectivity index is 2.11. The molecule has 0 aliphatic carbocycles. The van der Waals surface area contributed by atoms with Crippen molar-refractivity contribution in [3.8, 4) is 0 Å². The molecule has 1 unspecified atom stereocenters. The summed E-state index contributed by atoms with van der Waals surface area (Å²) in [5, 5.41) is 12.4. The average molecular weight is 360 g/mol. The molecule has 1 amide bonds. The summed E-state index contributed by atoms with van der Waals surface area (Å²) < 4.78 is 44.9. The van der Waals surface area contributed by atoms with E-state index in [9.17, 15) is 23.1 Å². The third kappa shape index (κ3) is 3.68. The van der Waals surface area contributed by atoms with Gasteiger partial charge < -0.3 is 19.8 Å². The van der Waals surface area contributed by atoms with Gasteiger partial charge in [0.25, 0.3) is 5.91 Å². The molecule has 24 heavy (non-hydrogen) atoms. The highest BCUT2D eigenvalue weighted by Gasteiger charge is 2.56. The number of aliphatic hydroxyl groups is 1. The Bertz CT molecular complexity index is 785. The fourth-order valence-electron chi connectivity index (χ4n) is 2.11. The molecule has 0 radical (unpaired) electrons. The summed E-state index contributed by atoms with van der Waals surface area (Å²) in [4.78, 5) is 14.6. The number of hydrogen-bond acceptors (Lipinski definition) is 4. The number of nitrogens with one attached hydrogen (secondary N) is 2. The van der Waals surface area contributed by atoms with Gasteiger partial charge in [0, 0.05) is 19.2 Å². The van der Waals surface area contributed by atoms with Crippen molar-refractivity contribution in [3.05, 3.63) is 52.2 Å². The molecule has 2 aromatic rings. The van der Waals surface area contributed by atoms with Crippen molar-refractivity contribution in [2.24, 2.45) is 0 Å². The third-order valence-corrected chi connectivity index (χ3v) is 3.79. The van der Waals surface area contributed by atoms with Crippen molar-refractivity contribution in [2.75, 3.05) is 6.54 Å². The summed E-state index contributed by atoms with van der Waals surface area (Å²) in [5.41, 5.74) is -3.05. The highest BCUT2D eigenvalue weighted by atomic mass is 32.1. The first kappa shape index (κ1) is 18.2. The van der Waals surface area contributed by atoms with Crippen LogP contribution in [0.1, 0.15) is 28.3 Å². The number of carbonyl (C=O) groups is 1. The van der Waals surface area contributed by atoms with Crippen molar-refractivity contribution in [1.29, 1.82) is 0 Å². The second kappa shape index (κ2) is 6.78. The largest absolute Gasteiger partial charge is 0.463 e. The lowest BCUT2D eigenvalue weighted by atomic mass is 9.95. The zero-order valence-electron chi connectivity index (χ0n) is 12.6. The first-order valence-corrected chi connectivity index (χ1v) is 7.38. The van der Waals surface area contributed by atoms with Crippen LogP contribution in [0.15, 0.2) is 34.9 Å². The molecule has 130 valence electrons. The monoisotopic (exact) mass is 360 g/mol. The highest BCUT2D eigenvalue weighted by molar-refractivity contribution is 7.71. The number of amides is 1. The van der Waals surface area contributed by atoms with Gasteiger partial charge in [0.2, 0.25) is 5.60 Å². The predicted molar refractivity (Wildman–Crippen MR) is 82.0 cm³/mol. The van der Waals surface area contributed by atoms with E-state index in [1.165, 1.54) is 25.3 Å². The fraction of sp³-hybridized carbons (Fsp3) is 0.333. The maximum absolute atomic E-state index is 13.3. The Kier molecular flexibility index (Phi) is 5.14. The van der Waals surface area contributed by atoms with E-state index < -0.39 is 36.4 Å². The number of furan rings is 1. The number of halogens is 3. The van der Waals surface area contributed by atoms with E-state index in [-0.39, 0.29) is 16.0 Å². The highest BCUT2D eigenvalue weighted by Crippen LogP contribution is 2.42. The summed E-state index contributed by atoms with van der Waals surface area (Å²) in [6.45, 7) is 1.05. The van der Waals surface area contributed by atoms with Gasteiger partial charge in [-0.2, -0.15) is 13.2 Å². The van der Waals surface area contributed by atoms with Crippen molar-refractivity contribution in [1.82, 2.24) is 10.3 Å². The van der Waals surface area contributed by atoms with Crippen LogP contribution in [-0.4, -0.2) is 28.7 Å². The predicted octanol–water partition coefficient (Wildman–Crippen LogP) is 3.22. The second-order valence-electron chi connectivity index (χ2n) is 5.19. The van der Waals surface area contributed by atoms with E-state index in [1.54, 1.807) is 6.07 Å². The molecule has 0 saturated heterocycles. The zero-order valence-corrected chi connectivity index (χ0v) is 13.4. The van der Waals surface area contributed by atoms with Crippen LogP contribution in [0.5, 0.6) is 0 Å². The summed E-state index contributed by atoms with van der Waals surface area (Å²) in [5.74, 6) is -0.997. The summed E-state index contributed by atoms with van der Waals surface area (Å²) in [7, 11) is 0. The van der Waals surface area contributed by atoms with Gasteiger partial charge in [0.05, 0.1) is 5.56 Å². The molecule has 0 saturated carbocycles. The quantitative estimate of drug-likeness (QED) is 0.716. The molecule has 0 aliphatic heterocycles. The van der Waals surface area contributed by atoms with Crippen molar-refractivity contribution in [2.45, 2.75) is 25.1 Å². The summed E-state index contributed by atoms with van der Waals surface area (Å²) >= 11 is 4.93. The maximum Gasteiger partial charge on any atom is 0.424 e. The molecule has 9 heteroatoms. The lowest BCUT2D eigenvalue weighted by Crippen LogP contribution is -2.44. The van der Waals surface area contributed by atoms with E-state index in [1.807, 2.05) is 0 Å². The SMILES string of the molecule is Cc1ccc(C(O)(CCNC(=O)c2ccc[nH]c2=S)C(F)(F)F)o1. The number of aryl methyl sites for hydroxylation is 1. The van der Waals surface area contributed by atoms with Crippen LogP contribution in [-0.2, 0) is 5.60 Å². The van der Waals surface area contributed by atoms with E-state index in [0.29, 0.717) is 0 Å². The number of rotatable bonds is 5. The molecule has 3 N–H and O–H groups in total. The minimum absolute atomic E-state index is 0.136. The fourth-order valence-corrected chi connectivity index (χ4v) is 2.34. The zero-order chi connectivity index (χ0) is 18.0. The molecule has 0 fully saturated rings. The van der Waals surface area contributed by atoms with E-state index in [0.717, 1.165) is 6.07 Å². The molecule has 0 bridgehead atoms. The molecule has 0 aromatic carbocycles. The number of pyridine rings is 1. The van der Waals surface area contributed by atoms with Gasteiger partial charge in [0.15, 0.2) is 0 Å². The average Bonchev–Trinajstić information content (AvgIpc) is 2.93. The Morgan fingerprint density at radius 2 is 2.08 bits per heavy atom. The molecule has 2 heterocycles. The minimum Gasteiger partial charge on any atom is -0.463 e. The van der Waals surface area contributed by atoms with Crippen molar-refractivity contribution >= 4 is 18.1 Å². The van der Waals surface area contributed by atoms with Crippen LogP contribution < -0.4 is 5.32 Å². The Morgan fingerprint density at radius 1 is 1.38 bits per heavy atom. The Labute approximate surface area is 140 Å². The van der Waals surface area contributed by atoms with Gasteiger partial charge >= 0.3 is 6.18 Å². The second-order valence-corrected chi connectivity index (χ2v) is 5.60. The van der Waals surface area contributed by atoms with E-state index >= 15 is 0 Å². The van der Waals surface area contributed by atoms with Crippen LogP contribution in [0, 0.1) is 11.6 Å². The molecular weight excluding hydrogens is 345 g/mol. The van der Waals surface area contributed by atoms with E-state index in [2.05, 4.69) is 10.3 Å². The summed E-state index contributed by atoms with van der Waals surface area (Å²) in [6, 6.07) is 5.38. The third-order valence-electron chi connectivity index (χ3n) is 3.45. The van der Waals surface area contributed by atoms with Crippen LogP contribution in [0.2, 0.25) is 0 Å². The van der Waals surface area contributed by atoms with Gasteiger partial charge in [-0.1, -0.05) is 12.2 Å². The minimum atomic E-state index is -4.95. The number of aromatic amines is 1. The smallest absolute Gasteiger partial charge is 0.424 e. The molecule has 0 spiro atoms. The van der Waals surface area contributed by atoms with Crippen LogP contribution >= 0.6 is 12.2 Å². The number of alkyl halides is 3. The van der Waals surface area contributed by atoms with Crippen LogP contribution in [0.4, 0.5) is 13.2 Å². The van der Waals surface area contributed by atoms with Crippen molar-refractivity contribution in [3.63, 3.8) is 0 Å². The Hall–Kier alpha value is -2.13. The molecular formula is C15H15F3N2O3S. The molecule has 2 aromatic heterocycles. The standard InChI is InChI=1S/C15H15F3N2O3S/c1-9-4-5-11(23-9)14(22,15(16,17)18)6-8-19-12(21)10-3-2-7-20-13(10)24/h2-5,7,22H,6,8H2,1H3,(H,19,21)(H,20,24). The van der Waals surface area contributed by atoms with Gasteiger partial charge in [-0.05, 0) is 31.2 Å². The maximum atomic E-state index is 13.3. The lowest BCUT2D eigenvalue weighted by Gasteiger charge is -2.28. The van der Waals surface area contributed by atoms with E-state index in [4.69, 9.17) is 16.6 Å². The molecule has 1 atom stereocenters. The first-order valence-electron chi connectivity index (χ1n) is 6.97. The number of aromatic nitrogens is 1. The topological polar surface area (TPSA) is 78.3 Å². The molecule has 2 rings (SSSR count). The van der Waals surface area contributed by atoms with Gasteiger partial charge in [-0.3, -0.25) is 4.79 Å². The molecule has 0 aliphatic rings. The number of hydrogen-bond donors (Lipinski definition) is 3. The number of H-pyrrole nitrogens is 1. The van der Waals surface area contributed by atoms with Gasteiger partial charge in [0.1, 0.15) is 16.2 Å². The van der Waals surface area contributed by atoms with Crippen LogP contribution in [0.3, 0.4) is 0 Å². The normalized spacial score (nSPS) is 14.2. The summed E-state index contributed by atoms with van der Waals surface area (Å²) in [6.07, 6.45) is -4.22. The molecule has 5 nitrogen and oxygen atoms in total. The van der Waals surface area contributed by atoms with Gasteiger partial charge in [-0.15, -0.1) is 0 Å².